The molecule has 0 saturated carbocycles. The Kier molecular flexibility index (Phi) is 6.02. The molecule has 3 aromatic rings. The number of hydrogen-bond donors (Lipinski definition) is 1. The molecule has 0 saturated heterocycles. The van der Waals surface area contributed by atoms with Crippen LogP contribution in [-0.4, -0.2) is 38.2 Å². The zero-order chi connectivity index (χ0) is 19.4. The highest BCUT2D eigenvalue weighted by Crippen LogP contribution is 2.27. The molecule has 1 aromatic heterocycles. The summed E-state index contributed by atoms with van der Waals surface area (Å²) in [5.41, 5.74) is 2.03. The lowest BCUT2D eigenvalue weighted by Crippen LogP contribution is -2.14. The number of ketones is 1. The van der Waals surface area contributed by atoms with Crippen molar-refractivity contribution in [3.8, 4) is 11.4 Å². The highest BCUT2D eigenvalue weighted by atomic mass is 79.9. The van der Waals surface area contributed by atoms with Gasteiger partial charge in [-0.15, -0.1) is 22.0 Å². The number of nitrogens with zero attached hydrogens (tertiary/aromatic N) is 4. The maximum absolute atomic E-state index is 12.6. The van der Waals surface area contributed by atoms with E-state index in [4.69, 9.17) is 0 Å². The van der Waals surface area contributed by atoms with Crippen LogP contribution in [0.3, 0.4) is 0 Å². The number of anilines is 1. The molecule has 3 rings (SSSR count). The lowest BCUT2D eigenvalue weighted by molar-refractivity contribution is -0.114. The molecule has 138 valence electrons. The van der Waals surface area contributed by atoms with Crippen molar-refractivity contribution in [3.63, 3.8) is 0 Å². The quantitative estimate of drug-likeness (QED) is 0.459. The minimum atomic E-state index is -0.156. The number of aromatic nitrogens is 4. The molecule has 0 bridgehead atoms. The molecule has 0 aliphatic rings. The zero-order valence-corrected chi connectivity index (χ0v) is 17.0. The van der Waals surface area contributed by atoms with Gasteiger partial charge in [0.1, 0.15) is 6.54 Å². The van der Waals surface area contributed by atoms with Crippen LogP contribution in [0, 0.1) is 0 Å². The molecular formula is C18H16BrN5O2S. The first kappa shape index (κ1) is 19.2. The summed E-state index contributed by atoms with van der Waals surface area (Å²) < 4.78 is 0.959. The van der Waals surface area contributed by atoms with Crippen LogP contribution in [0.25, 0.3) is 11.4 Å². The van der Waals surface area contributed by atoms with Gasteiger partial charge in [-0.2, -0.15) is 4.80 Å². The molecule has 1 N–H and O–H groups in total. The molecule has 0 unspecified atom stereocenters. The lowest BCUT2D eigenvalue weighted by atomic mass is 10.1. The molecule has 0 fully saturated rings. The summed E-state index contributed by atoms with van der Waals surface area (Å²) in [4.78, 5) is 25.9. The number of halogens is 1. The average molecular weight is 446 g/mol. The maximum Gasteiger partial charge on any atom is 0.221 e. The topological polar surface area (TPSA) is 89.8 Å². The van der Waals surface area contributed by atoms with Crippen molar-refractivity contribution < 1.29 is 9.59 Å². The smallest absolute Gasteiger partial charge is 0.221 e. The van der Waals surface area contributed by atoms with E-state index in [1.807, 2.05) is 30.5 Å². The Morgan fingerprint density at radius 2 is 1.93 bits per heavy atom. The largest absolute Gasteiger partial charge is 0.325 e. The number of nitrogens with one attached hydrogen (secondary N) is 1. The normalized spacial score (nSPS) is 10.6. The molecule has 1 amide bonds. The number of tetrazole rings is 1. The standard InChI is InChI=1S/C18H16BrN5O2S/c1-11(25)20-15-8-5-13(9-17(15)27-2)16(26)10-24-22-18(21-23-24)12-3-6-14(19)7-4-12/h3-9H,10H2,1-2H3,(H,20,25). The molecule has 0 radical (unpaired) electrons. The number of Topliss-reactive ketones (excluding diaryl/α,β-unsaturated/α-hetero) is 1. The second-order valence-corrected chi connectivity index (χ2v) is 7.43. The minimum Gasteiger partial charge on any atom is -0.325 e. The van der Waals surface area contributed by atoms with Crippen LogP contribution >= 0.6 is 27.7 Å². The Balaban J connectivity index is 1.75. The number of carbonyl (C=O) groups excluding carboxylic acids is 2. The zero-order valence-electron chi connectivity index (χ0n) is 14.6. The van der Waals surface area contributed by atoms with Crippen molar-refractivity contribution in [1.82, 2.24) is 20.2 Å². The molecule has 7 nitrogen and oxygen atoms in total. The fourth-order valence-electron chi connectivity index (χ4n) is 2.40. The average Bonchev–Trinajstić information content (AvgIpc) is 3.10. The SMILES string of the molecule is CSc1cc(C(=O)Cn2nnc(-c3ccc(Br)cc3)n2)ccc1NC(C)=O. The summed E-state index contributed by atoms with van der Waals surface area (Å²) in [6, 6.07) is 12.7. The van der Waals surface area contributed by atoms with Crippen LogP contribution in [0.4, 0.5) is 5.69 Å². The van der Waals surface area contributed by atoms with Gasteiger partial charge in [0.25, 0.3) is 0 Å². The Morgan fingerprint density at radius 3 is 2.59 bits per heavy atom. The third kappa shape index (κ3) is 4.81. The number of hydrogen-bond acceptors (Lipinski definition) is 6. The van der Waals surface area contributed by atoms with Gasteiger partial charge in [-0.1, -0.05) is 15.9 Å². The van der Waals surface area contributed by atoms with Crippen LogP contribution in [0.2, 0.25) is 0 Å². The monoisotopic (exact) mass is 445 g/mol. The van der Waals surface area contributed by atoms with Crippen LogP contribution in [0.1, 0.15) is 17.3 Å². The molecule has 0 spiro atoms. The molecule has 0 aliphatic heterocycles. The fraction of sp³-hybridized carbons (Fsp3) is 0.167. The van der Waals surface area contributed by atoms with Crippen molar-refractivity contribution in [3.05, 3.63) is 52.5 Å². The highest BCUT2D eigenvalue weighted by molar-refractivity contribution is 9.10. The molecule has 0 aliphatic carbocycles. The van der Waals surface area contributed by atoms with E-state index < -0.39 is 0 Å². The van der Waals surface area contributed by atoms with Gasteiger partial charge in [0, 0.05) is 27.4 Å². The number of amides is 1. The second kappa shape index (κ2) is 8.45. The van der Waals surface area contributed by atoms with Crippen LogP contribution in [-0.2, 0) is 11.3 Å². The van der Waals surface area contributed by atoms with Gasteiger partial charge in [0.05, 0.1) is 5.69 Å². The first-order valence-electron chi connectivity index (χ1n) is 7.99. The van der Waals surface area contributed by atoms with Gasteiger partial charge in [-0.3, -0.25) is 9.59 Å². The number of rotatable bonds is 6. The van der Waals surface area contributed by atoms with Crippen molar-refractivity contribution >= 4 is 45.1 Å². The Bertz CT molecular complexity index is 988. The predicted molar refractivity (Wildman–Crippen MR) is 108 cm³/mol. The van der Waals surface area contributed by atoms with Crippen molar-refractivity contribution in [1.29, 1.82) is 0 Å². The van der Waals surface area contributed by atoms with Gasteiger partial charge in [0.2, 0.25) is 11.7 Å². The fourth-order valence-corrected chi connectivity index (χ4v) is 3.25. The van der Waals surface area contributed by atoms with Crippen molar-refractivity contribution in [2.24, 2.45) is 0 Å². The molecule has 9 heteroatoms. The van der Waals surface area contributed by atoms with E-state index in [1.54, 1.807) is 18.2 Å². The van der Waals surface area contributed by atoms with E-state index in [9.17, 15) is 9.59 Å². The summed E-state index contributed by atoms with van der Waals surface area (Å²) in [5.74, 6) is 0.164. The summed E-state index contributed by atoms with van der Waals surface area (Å²) in [7, 11) is 0. The molecule has 1 heterocycles. The Hall–Kier alpha value is -2.52. The van der Waals surface area contributed by atoms with E-state index in [-0.39, 0.29) is 18.2 Å². The Morgan fingerprint density at radius 1 is 1.19 bits per heavy atom. The number of benzene rings is 2. The van der Waals surface area contributed by atoms with Crippen LogP contribution in [0.5, 0.6) is 0 Å². The van der Waals surface area contributed by atoms with E-state index in [1.165, 1.54) is 23.5 Å². The number of thioether (sulfide) groups is 1. The molecule has 27 heavy (non-hydrogen) atoms. The summed E-state index contributed by atoms with van der Waals surface area (Å²) in [5, 5.41) is 15.0. The van der Waals surface area contributed by atoms with Gasteiger partial charge in [0.15, 0.2) is 5.78 Å². The maximum atomic E-state index is 12.6. The third-order valence-electron chi connectivity index (χ3n) is 3.67. The first-order chi connectivity index (χ1) is 13.0. The summed E-state index contributed by atoms with van der Waals surface area (Å²) in [6.45, 7) is 1.43. The highest BCUT2D eigenvalue weighted by Gasteiger charge is 2.13. The summed E-state index contributed by atoms with van der Waals surface area (Å²) in [6.07, 6.45) is 1.89. The van der Waals surface area contributed by atoms with Gasteiger partial charge in [-0.25, -0.2) is 0 Å². The molecule has 2 aromatic carbocycles. The third-order valence-corrected chi connectivity index (χ3v) is 4.98. The van der Waals surface area contributed by atoms with Gasteiger partial charge >= 0.3 is 0 Å². The van der Waals surface area contributed by atoms with E-state index in [0.29, 0.717) is 17.1 Å². The Labute approximate surface area is 168 Å². The number of carbonyl (C=O) groups is 2. The van der Waals surface area contributed by atoms with Crippen molar-refractivity contribution in [2.45, 2.75) is 18.4 Å². The predicted octanol–water partition coefficient (Wildman–Crippen LogP) is 3.67. The molecule has 0 atom stereocenters. The van der Waals surface area contributed by atoms with Gasteiger partial charge in [-0.05, 0) is 53.9 Å². The second-order valence-electron chi connectivity index (χ2n) is 5.67. The minimum absolute atomic E-state index is 0.0170. The molecular weight excluding hydrogens is 430 g/mol. The lowest BCUT2D eigenvalue weighted by Gasteiger charge is -2.09. The van der Waals surface area contributed by atoms with Gasteiger partial charge < -0.3 is 5.32 Å². The van der Waals surface area contributed by atoms with Crippen LogP contribution < -0.4 is 5.32 Å². The van der Waals surface area contributed by atoms with E-state index in [2.05, 4.69) is 36.7 Å². The van der Waals surface area contributed by atoms with Crippen LogP contribution in [0.15, 0.2) is 51.8 Å². The van der Waals surface area contributed by atoms with E-state index >= 15 is 0 Å². The van der Waals surface area contributed by atoms with E-state index in [0.717, 1.165) is 14.9 Å². The summed E-state index contributed by atoms with van der Waals surface area (Å²) >= 11 is 4.84. The van der Waals surface area contributed by atoms with Crippen molar-refractivity contribution in [2.75, 3.05) is 11.6 Å². The first-order valence-corrected chi connectivity index (χ1v) is 10.0.